The van der Waals surface area contributed by atoms with Gasteiger partial charge in [0.15, 0.2) is 0 Å². The summed E-state index contributed by atoms with van der Waals surface area (Å²) in [6.45, 7) is 9.68. The number of carbonyl (C=O) groups is 8. The molecule has 0 aromatic rings. The van der Waals surface area contributed by atoms with Crippen LogP contribution in [0.15, 0.2) is 0 Å². The molecule has 0 heterocycles. The standard InChI is InChI=1S/C44H77BrN6O16/c1-43(2,29-44(3,4)24-39(57)58)23-35(53)49-26-30-8-10-31(11-9-30)40(59)51-33(42(62)63)12-13-34(52)47-15-17-64-19-21-66-27-37(55)48-16-18-65-20-22-67-28-38(56)50-32(41(60)61)7-5-6-14-46-36(54)25-45/h30-33,37,48,55H,5-29H2,1-4H3,(H,46,54)(H,47,52)(H,49,53)(H,50,56)(H,51,59)(H,57,58)(H,60,61)(H,62,63)/t30-,31-,32-,33-,37?/m0/s1. The number of carboxylic acids is 3. The predicted octanol–water partition coefficient (Wildman–Crippen LogP) is 0.907. The molecule has 1 aliphatic rings. The number of rotatable bonds is 39. The van der Waals surface area contributed by atoms with E-state index in [1.165, 1.54) is 0 Å². The first-order valence-corrected chi connectivity index (χ1v) is 24.1. The van der Waals surface area contributed by atoms with Crippen molar-refractivity contribution in [1.29, 1.82) is 0 Å². The van der Waals surface area contributed by atoms with Crippen molar-refractivity contribution in [3.63, 3.8) is 0 Å². The Morgan fingerprint density at radius 1 is 0.627 bits per heavy atom. The molecular weight excluding hydrogens is 948 g/mol. The van der Waals surface area contributed by atoms with Crippen LogP contribution in [0.4, 0.5) is 0 Å². The SMILES string of the molecule is CC(C)(CC(=O)O)CC(C)(C)CC(=O)NC[C@H]1CC[C@H](C(=O)N[C@@H](CCC(=O)NCCOCCOCC(O)NCCOCCOCC(=O)N[C@@H](CCCCNC(=O)CBr)C(=O)O)C(=O)O)CC1. The monoisotopic (exact) mass is 1020 g/mol. The molecule has 5 amide bonds. The number of halogens is 1. The van der Waals surface area contributed by atoms with Gasteiger partial charge in [0.1, 0.15) is 24.9 Å². The Kier molecular flexibility index (Phi) is 31.2. The van der Waals surface area contributed by atoms with Gasteiger partial charge >= 0.3 is 17.9 Å². The average molecular weight is 1030 g/mol. The summed E-state index contributed by atoms with van der Waals surface area (Å²) in [5.41, 5.74) is -0.833. The van der Waals surface area contributed by atoms with Crippen LogP contribution >= 0.6 is 15.9 Å². The summed E-state index contributed by atoms with van der Waals surface area (Å²) < 4.78 is 21.4. The third-order valence-corrected chi connectivity index (χ3v) is 11.3. The Balaban J connectivity index is 2.11. The molecule has 67 heavy (non-hydrogen) atoms. The van der Waals surface area contributed by atoms with E-state index in [9.17, 15) is 58.8 Å². The molecular formula is C44H77BrN6O16. The van der Waals surface area contributed by atoms with Crippen molar-refractivity contribution in [1.82, 2.24) is 31.9 Å². The van der Waals surface area contributed by atoms with Crippen molar-refractivity contribution in [2.75, 3.05) is 84.4 Å². The third kappa shape index (κ3) is 31.6. The normalized spacial score (nSPS) is 16.5. The molecule has 0 aromatic heterocycles. The van der Waals surface area contributed by atoms with Crippen LogP contribution in [-0.2, 0) is 57.3 Å². The van der Waals surface area contributed by atoms with E-state index in [-0.39, 0.29) is 132 Å². The lowest BCUT2D eigenvalue weighted by Crippen LogP contribution is -2.45. The summed E-state index contributed by atoms with van der Waals surface area (Å²) in [7, 11) is 0. The fourth-order valence-corrected chi connectivity index (χ4v) is 7.98. The lowest BCUT2D eigenvalue weighted by Gasteiger charge is -2.34. The van der Waals surface area contributed by atoms with E-state index in [0.29, 0.717) is 64.6 Å². The minimum absolute atomic E-state index is 0.0200. The third-order valence-electron chi connectivity index (χ3n) is 10.8. The van der Waals surface area contributed by atoms with E-state index in [2.05, 4.69) is 47.8 Å². The molecule has 10 N–H and O–H groups in total. The largest absolute Gasteiger partial charge is 0.481 e. The average Bonchev–Trinajstić information content (AvgIpc) is 3.24. The van der Waals surface area contributed by atoms with Crippen LogP contribution in [0.3, 0.4) is 0 Å². The number of aliphatic hydroxyl groups excluding tert-OH is 1. The van der Waals surface area contributed by atoms with Gasteiger partial charge in [-0.25, -0.2) is 9.59 Å². The predicted molar refractivity (Wildman–Crippen MR) is 247 cm³/mol. The van der Waals surface area contributed by atoms with Crippen molar-refractivity contribution < 1.29 is 77.7 Å². The molecule has 0 aliphatic heterocycles. The van der Waals surface area contributed by atoms with Crippen molar-refractivity contribution >= 4 is 63.4 Å². The van der Waals surface area contributed by atoms with Gasteiger partial charge < -0.3 is 66.0 Å². The summed E-state index contributed by atoms with van der Waals surface area (Å²) in [6, 6.07) is -2.29. The molecule has 0 aromatic carbocycles. The molecule has 1 fully saturated rings. The minimum Gasteiger partial charge on any atom is -0.481 e. The summed E-state index contributed by atoms with van der Waals surface area (Å²) in [6.07, 6.45) is 3.42. The van der Waals surface area contributed by atoms with Crippen molar-refractivity contribution in [2.45, 2.75) is 123 Å². The van der Waals surface area contributed by atoms with E-state index >= 15 is 0 Å². The molecule has 3 atom stereocenters. The Labute approximate surface area is 402 Å². The molecule has 0 saturated heterocycles. The van der Waals surface area contributed by atoms with Gasteiger partial charge in [-0.05, 0) is 74.5 Å². The first kappa shape index (κ1) is 61.0. The maximum atomic E-state index is 13.0. The van der Waals surface area contributed by atoms with E-state index in [0.717, 1.165) is 0 Å². The first-order valence-electron chi connectivity index (χ1n) is 23.0. The number of carboxylic acid groups (broad SMARTS) is 3. The Morgan fingerprint density at radius 2 is 1.21 bits per heavy atom. The minimum atomic E-state index is -1.24. The molecule has 1 aliphatic carbocycles. The molecule has 1 rings (SSSR count). The molecule has 0 spiro atoms. The van der Waals surface area contributed by atoms with E-state index in [1.54, 1.807) is 0 Å². The van der Waals surface area contributed by atoms with Gasteiger partial charge in [-0.1, -0.05) is 43.6 Å². The number of ether oxygens (including phenoxy) is 4. The number of nitrogens with one attached hydrogen (secondary N) is 6. The second kappa shape index (κ2) is 34.3. The highest BCUT2D eigenvalue weighted by Gasteiger charge is 2.33. The highest BCUT2D eigenvalue weighted by atomic mass is 79.9. The first-order chi connectivity index (χ1) is 31.6. The molecule has 0 bridgehead atoms. The van der Waals surface area contributed by atoms with Crippen LogP contribution in [0.25, 0.3) is 0 Å². The molecule has 1 unspecified atom stereocenters. The summed E-state index contributed by atoms with van der Waals surface area (Å²) >= 11 is 3.04. The van der Waals surface area contributed by atoms with Gasteiger partial charge in [0, 0.05) is 44.9 Å². The smallest absolute Gasteiger partial charge is 0.326 e. The number of hydrogen-bond acceptors (Lipinski definition) is 14. The van der Waals surface area contributed by atoms with Gasteiger partial charge in [-0.2, -0.15) is 0 Å². The maximum Gasteiger partial charge on any atom is 0.326 e. The lowest BCUT2D eigenvalue weighted by molar-refractivity contribution is -0.143. The fraction of sp³-hybridized carbons (Fsp3) is 0.818. The van der Waals surface area contributed by atoms with Crippen LogP contribution in [0.1, 0.15) is 105 Å². The Hall–Kier alpha value is -4.00. The number of aliphatic carboxylic acids is 3. The lowest BCUT2D eigenvalue weighted by atomic mass is 9.71. The van der Waals surface area contributed by atoms with Crippen LogP contribution in [0, 0.1) is 22.7 Å². The number of hydrogen-bond donors (Lipinski definition) is 10. The quantitative estimate of drug-likeness (QED) is 0.0232. The zero-order valence-corrected chi connectivity index (χ0v) is 41.2. The Bertz CT molecular complexity index is 1530. The van der Waals surface area contributed by atoms with Gasteiger partial charge in [-0.15, -0.1) is 0 Å². The topological polar surface area (TPSA) is 327 Å². The molecule has 1 saturated carbocycles. The maximum absolute atomic E-state index is 13.0. The number of alkyl halides is 1. The molecule has 0 radical (unpaired) electrons. The summed E-state index contributed by atoms with van der Waals surface area (Å²) in [5.74, 6) is -5.06. The van der Waals surface area contributed by atoms with Crippen molar-refractivity contribution in [3.8, 4) is 0 Å². The van der Waals surface area contributed by atoms with Crippen molar-refractivity contribution in [3.05, 3.63) is 0 Å². The highest BCUT2D eigenvalue weighted by molar-refractivity contribution is 9.09. The summed E-state index contributed by atoms with van der Waals surface area (Å²) in [5, 5.41) is 54.6. The number of amides is 5. The molecule has 22 nitrogen and oxygen atoms in total. The number of aliphatic hydroxyl groups is 1. The number of carbonyl (C=O) groups excluding carboxylic acids is 5. The van der Waals surface area contributed by atoms with Crippen LogP contribution in [0.2, 0.25) is 0 Å². The number of unbranched alkanes of at least 4 members (excludes halogenated alkanes) is 1. The second-order valence-electron chi connectivity index (χ2n) is 18.3. The van der Waals surface area contributed by atoms with Gasteiger partial charge in [0.2, 0.25) is 29.5 Å². The fourth-order valence-electron chi connectivity index (χ4n) is 7.79. The molecule has 23 heteroatoms. The zero-order valence-electron chi connectivity index (χ0n) is 39.6. The van der Waals surface area contributed by atoms with E-state index in [1.807, 2.05) is 27.7 Å². The van der Waals surface area contributed by atoms with Gasteiger partial charge in [0.05, 0.1) is 58.0 Å². The Morgan fingerprint density at radius 3 is 1.84 bits per heavy atom. The summed E-state index contributed by atoms with van der Waals surface area (Å²) in [4.78, 5) is 95.8. The van der Waals surface area contributed by atoms with E-state index in [4.69, 9.17) is 18.9 Å². The van der Waals surface area contributed by atoms with Crippen molar-refractivity contribution in [2.24, 2.45) is 22.7 Å². The van der Waals surface area contributed by atoms with Gasteiger partial charge in [0.25, 0.3) is 0 Å². The zero-order chi connectivity index (χ0) is 50.3. The van der Waals surface area contributed by atoms with Gasteiger partial charge in [-0.3, -0.25) is 34.1 Å². The van der Waals surface area contributed by atoms with E-state index < -0.39 is 53.4 Å². The highest BCUT2D eigenvalue weighted by Crippen LogP contribution is 2.38. The van der Waals surface area contributed by atoms with Crippen LogP contribution in [0.5, 0.6) is 0 Å². The second-order valence-corrected chi connectivity index (χ2v) is 18.9. The van der Waals surface area contributed by atoms with Crippen LogP contribution in [-0.4, -0.2) is 171 Å². The molecule has 386 valence electrons. The van der Waals surface area contributed by atoms with Crippen LogP contribution < -0.4 is 31.9 Å².